The number of halogens is 1. The normalized spacial score (nSPS) is 26.7. The standard InChI is InChI=1S/C14H14BrNO3/c15-8-1-6-11-12(7-8)14(19)16(13(11)18)9-2-4-10(17)5-3-9/h1,6-7,9-10,17H,2-5H2. The summed E-state index contributed by atoms with van der Waals surface area (Å²) in [4.78, 5) is 26.1. The second kappa shape index (κ2) is 4.72. The Balaban J connectivity index is 1.90. The first-order valence-electron chi connectivity index (χ1n) is 6.43. The van der Waals surface area contributed by atoms with Gasteiger partial charge in [-0.3, -0.25) is 14.5 Å². The lowest BCUT2D eigenvalue weighted by Gasteiger charge is -2.31. The zero-order chi connectivity index (χ0) is 13.6. The summed E-state index contributed by atoms with van der Waals surface area (Å²) in [6, 6.07) is 5.09. The van der Waals surface area contributed by atoms with Gasteiger partial charge in [-0.1, -0.05) is 15.9 Å². The largest absolute Gasteiger partial charge is 0.393 e. The van der Waals surface area contributed by atoms with Gasteiger partial charge in [0.25, 0.3) is 11.8 Å². The second-order valence-electron chi connectivity index (χ2n) is 5.13. The second-order valence-corrected chi connectivity index (χ2v) is 6.05. The minimum Gasteiger partial charge on any atom is -0.393 e. The molecule has 3 rings (SSSR count). The third-order valence-corrected chi connectivity index (χ3v) is 4.40. The van der Waals surface area contributed by atoms with Gasteiger partial charge >= 0.3 is 0 Å². The van der Waals surface area contributed by atoms with E-state index < -0.39 is 0 Å². The number of carbonyl (C=O) groups is 2. The highest BCUT2D eigenvalue weighted by atomic mass is 79.9. The lowest BCUT2D eigenvalue weighted by molar-refractivity contribution is 0.0449. The topological polar surface area (TPSA) is 57.6 Å². The molecule has 1 saturated carbocycles. The summed E-state index contributed by atoms with van der Waals surface area (Å²) < 4.78 is 0.799. The fraction of sp³-hybridized carbons (Fsp3) is 0.429. The summed E-state index contributed by atoms with van der Waals surface area (Å²) in [7, 11) is 0. The zero-order valence-electron chi connectivity index (χ0n) is 10.3. The Morgan fingerprint density at radius 2 is 1.68 bits per heavy atom. The molecule has 1 aromatic carbocycles. The number of imide groups is 1. The average Bonchev–Trinajstić information content (AvgIpc) is 2.63. The van der Waals surface area contributed by atoms with Gasteiger partial charge in [0.05, 0.1) is 17.2 Å². The number of hydrogen-bond donors (Lipinski definition) is 1. The quantitative estimate of drug-likeness (QED) is 0.807. The molecule has 4 nitrogen and oxygen atoms in total. The molecule has 1 aliphatic heterocycles. The van der Waals surface area contributed by atoms with E-state index in [0.717, 1.165) is 4.47 Å². The van der Waals surface area contributed by atoms with Crippen LogP contribution in [0.2, 0.25) is 0 Å². The van der Waals surface area contributed by atoms with Gasteiger partial charge in [0.15, 0.2) is 0 Å². The van der Waals surface area contributed by atoms with E-state index in [0.29, 0.717) is 36.8 Å². The van der Waals surface area contributed by atoms with Crippen molar-refractivity contribution < 1.29 is 14.7 Å². The van der Waals surface area contributed by atoms with Crippen LogP contribution in [0.15, 0.2) is 22.7 Å². The summed E-state index contributed by atoms with van der Waals surface area (Å²) in [5, 5.41) is 9.52. The number of hydrogen-bond acceptors (Lipinski definition) is 3. The minimum atomic E-state index is -0.291. The predicted molar refractivity (Wildman–Crippen MR) is 72.9 cm³/mol. The molecule has 19 heavy (non-hydrogen) atoms. The molecule has 100 valence electrons. The first kappa shape index (κ1) is 12.8. The van der Waals surface area contributed by atoms with E-state index >= 15 is 0 Å². The summed E-state index contributed by atoms with van der Waals surface area (Å²) in [6.07, 6.45) is 2.39. The molecule has 1 fully saturated rings. The van der Waals surface area contributed by atoms with Gasteiger partial charge in [-0.25, -0.2) is 0 Å². The van der Waals surface area contributed by atoms with Crippen molar-refractivity contribution in [3.05, 3.63) is 33.8 Å². The number of carbonyl (C=O) groups excluding carboxylic acids is 2. The monoisotopic (exact) mass is 323 g/mol. The lowest BCUT2D eigenvalue weighted by atomic mass is 9.92. The fourth-order valence-electron chi connectivity index (χ4n) is 2.88. The van der Waals surface area contributed by atoms with Gasteiger partial charge in [-0.05, 0) is 43.9 Å². The van der Waals surface area contributed by atoms with E-state index in [1.807, 2.05) is 0 Å². The van der Waals surface area contributed by atoms with Crippen LogP contribution in [-0.4, -0.2) is 34.0 Å². The highest BCUT2D eigenvalue weighted by molar-refractivity contribution is 9.10. The van der Waals surface area contributed by atoms with Crippen molar-refractivity contribution >= 4 is 27.7 Å². The average molecular weight is 324 g/mol. The Morgan fingerprint density at radius 1 is 1.05 bits per heavy atom. The molecular weight excluding hydrogens is 310 g/mol. The van der Waals surface area contributed by atoms with Crippen molar-refractivity contribution in [1.82, 2.24) is 4.90 Å². The third kappa shape index (κ3) is 2.11. The van der Waals surface area contributed by atoms with Crippen molar-refractivity contribution in [3.8, 4) is 0 Å². The van der Waals surface area contributed by atoms with Crippen LogP contribution in [0.25, 0.3) is 0 Å². The van der Waals surface area contributed by atoms with Gasteiger partial charge in [-0.2, -0.15) is 0 Å². The van der Waals surface area contributed by atoms with E-state index in [1.54, 1.807) is 18.2 Å². The molecule has 0 atom stereocenters. The molecule has 1 N–H and O–H groups in total. The first-order chi connectivity index (χ1) is 9.08. The maximum atomic E-state index is 12.4. The van der Waals surface area contributed by atoms with Crippen LogP contribution >= 0.6 is 15.9 Å². The number of amides is 2. The number of fused-ring (bicyclic) bond motifs is 1. The summed E-state index contributed by atoms with van der Waals surface area (Å²) in [5.74, 6) is -0.406. The fourth-order valence-corrected chi connectivity index (χ4v) is 3.24. The molecule has 1 aromatic rings. The van der Waals surface area contributed by atoms with Crippen LogP contribution in [0.1, 0.15) is 46.4 Å². The highest BCUT2D eigenvalue weighted by Gasteiger charge is 2.40. The number of aliphatic hydroxyl groups is 1. The zero-order valence-corrected chi connectivity index (χ0v) is 11.9. The van der Waals surface area contributed by atoms with Gasteiger partial charge in [0.2, 0.25) is 0 Å². The smallest absolute Gasteiger partial charge is 0.261 e. The molecule has 5 heteroatoms. The van der Waals surface area contributed by atoms with Crippen molar-refractivity contribution in [2.75, 3.05) is 0 Å². The van der Waals surface area contributed by atoms with Crippen molar-refractivity contribution in [2.24, 2.45) is 0 Å². The Bertz CT molecular complexity index is 550. The molecule has 1 aliphatic carbocycles. The maximum Gasteiger partial charge on any atom is 0.261 e. The molecule has 1 heterocycles. The molecule has 0 radical (unpaired) electrons. The summed E-state index contributed by atoms with van der Waals surface area (Å²) in [6.45, 7) is 0. The summed E-state index contributed by atoms with van der Waals surface area (Å²) >= 11 is 3.32. The number of nitrogens with zero attached hydrogens (tertiary/aromatic N) is 1. The highest BCUT2D eigenvalue weighted by Crippen LogP contribution is 2.32. The number of aliphatic hydroxyl groups excluding tert-OH is 1. The summed E-state index contributed by atoms with van der Waals surface area (Å²) in [5.41, 5.74) is 0.963. The van der Waals surface area contributed by atoms with Gasteiger partial charge < -0.3 is 5.11 Å². The lowest BCUT2D eigenvalue weighted by Crippen LogP contribution is -2.42. The van der Waals surface area contributed by atoms with Crippen LogP contribution in [0.5, 0.6) is 0 Å². The van der Waals surface area contributed by atoms with Crippen LogP contribution < -0.4 is 0 Å². The van der Waals surface area contributed by atoms with Gasteiger partial charge in [-0.15, -0.1) is 0 Å². The van der Waals surface area contributed by atoms with Gasteiger partial charge in [0, 0.05) is 10.5 Å². The van der Waals surface area contributed by atoms with Gasteiger partial charge in [0.1, 0.15) is 0 Å². The van der Waals surface area contributed by atoms with Crippen LogP contribution in [0.4, 0.5) is 0 Å². The van der Waals surface area contributed by atoms with Crippen LogP contribution in [-0.2, 0) is 0 Å². The molecule has 0 unspecified atom stereocenters. The van der Waals surface area contributed by atoms with E-state index in [9.17, 15) is 14.7 Å². The van der Waals surface area contributed by atoms with Crippen molar-refractivity contribution in [2.45, 2.75) is 37.8 Å². The van der Waals surface area contributed by atoms with Crippen LogP contribution in [0.3, 0.4) is 0 Å². The molecular formula is C14H14BrNO3. The van der Waals surface area contributed by atoms with Crippen molar-refractivity contribution in [1.29, 1.82) is 0 Å². The maximum absolute atomic E-state index is 12.4. The molecule has 2 amide bonds. The minimum absolute atomic E-state index is 0.0745. The van der Waals surface area contributed by atoms with Crippen LogP contribution in [0, 0.1) is 0 Å². The predicted octanol–water partition coefficient (Wildman–Crippen LogP) is 2.35. The Kier molecular flexibility index (Phi) is 3.19. The molecule has 0 aromatic heterocycles. The Labute approximate surface area is 119 Å². The number of benzene rings is 1. The third-order valence-electron chi connectivity index (χ3n) is 3.91. The Hall–Kier alpha value is -1.20. The van der Waals surface area contributed by atoms with E-state index in [-0.39, 0.29) is 24.0 Å². The molecule has 2 aliphatic rings. The number of rotatable bonds is 1. The Morgan fingerprint density at radius 3 is 2.37 bits per heavy atom. The molecule has 0 bridgehead atoms. The van der Waals surface area contributed by atoms with E-state index in [1.165, 1.54) is 4.90 Å². The first-order valence-corrected chi connectivity index (χ1v) is 7.22. The van der Waals surface area contributed by atoms with E-state index in [4.69, 9.17) is 0 Å². The van der Waals surface area contributed by atoms with Crippen molar-refractivity contribution in [3.63, 3.8) is 0 Å². The SMILES string of the molecule is O=C1c2ccc(Br)cc2C(=O)N1C1CCC(O)CC1. The molecule has 0 spiro atoms. The van der Waals surface area contributed by atoms with E-state index in [2.05, 4.69) is 15.9 Å². The molecule has 0 saturated heterocycles.